The lowest BCUT2D eigenvalue weighted by molar-refractivity contribution is -0.131. The summed E-state index contributed by atoms with van der Waals surface area (Å²) in [6, 6.07) is 27.2. The summed E-state index contributed by atoms with van der Waals surface area (Å²) in [4.78, 5) is 78.9. The van der Waals surface area contributed by atoms with Crippen molar-refractivity contribution in [1.29, 1.82) is 0 Å². The van der Waals surface area contributed by atoms with Crippen LogP contribution in [0.1, 0.15) is 77.7 Å². The van der Waals surface area contributed by atoms with Crippen molar-refractivity contribution in [1.82, 2.24) is 49.5 Å². The van der Waals surface area contributed by atoms with E-state index < -0.39 is 17.4 Å². The maximum atomic E-state index is 16.3. The number of aromatic nitrogens is 5. The number of thiophene rings is 1. The van der Waals surface area contributed by atoms with Crippen molar-refractivity contribution in [2.24, 2.45) is 0 Å². The SMILES string of the molecule is CN(C)C(=O)c1cc2c(-c3ccc(N4CCNCC4)cc3)cc(C3=CCCN(C(=O)CCn4cccn4)C3)c(F)c2s1.COC(=O)c1cc2c(-c3ccc(N4CCN(C(=O)OC(C)(C)C)CC4)cc3)cc(C3=CCCN(C(=O)CCn4cccn4)C3)c(F)c2[nH]1. The molecule has 0 radical (unpaired) electrons. The molecule has 0 spiro atoms. The van der Waals surface area contributed by atoms with Crippen LogP contribution >= 0.6 is 11.3 Å². The smallest absolute Gasteiger partial charge is 0.410 e. The number of ether oxygens (including phenoxy) is 2. The molecule has 90 heavy (non-hydrogen) atoms. The molecule has 0 atom stereocenters. The number of piperazine rings is 2. The molecule has 2 N–H and O–H groups in total. The Labute approximate surface area is 526 Å². The Balaban J connectivity index is 0.000000187. The van der Waals surface area contributed by atoms with Gasteiger partial charge in [-0.3, -0.25) is 23.7 Å². The van der Waals surface area contributed by atoms with Crippen molar-refractivity contribution in [2.75, 3.05) is 110 Å². The highest BCUT2D eigenvalue weighted by atomic mass is 32.1. The van der Waals surface area contributed by atoms with Gasteiger partial charge in [-0.25, -0.2) is 18.4 Å². The minimum atomic E-state index is -0.593. The highest BCUT2D eigenvalue weighted by molar-refractivity contribution is 7.21. The predicted octanol–water partition coefficient (Wildman–Crippen LogP) is 10.4. The molecule has 4 aliphatic heterocycles. The molecular weight excluding hydrogens is 1170 g/mol. The molecule has 0 aliphatic carbocycles. The molecule has 0 bridgehead atoms. The Morgan fingerprint density at radius 1 is 0.633 bits per heavy atom. The van der Waals surface area contributed by atoms with E-state index in [0.717, 1.165) is 70.8 Å². The van der Waals surface area contributed by atoms with Crippen LogP contribution in [0.25, 0.3) is 54.4 Å². The van der Waals surface area contributed by atoms with Gasteiger partial charge in [0.25, 0.3) is 5.91 Å². The molecule has 2 saturated heterocycles. The van der Waals surface area contributed by atoms with Gasteiger partial charge in [0.2, 0.25) is 11.8 Å². The number of hydrogen-bond acceptors (Lipinski definition) is 13. The number of benzene rings is 4. The summed E-state index contributed by atoms with van der Waals surface area (Å²) in [5.74, 6) is -1.57. The Kier molecular flexibility index (Phi) is 18.9. The van der Waals surface area contributed by atoms with Crippen LogP contribution in [0, 0.1) is 11.6 Å². The number of methoxy groups -OCH3 is 1. The van der Waals surface area contributed by atoms with Crippen molar-refractivity contribution in [2.45, 2.75) is 65.1 Å². The zero-order valence-corrected chi connectivity index (χ0v) is 52.6. The molecule has 4 aliphatic rings. The lowest BCUT2D eigenvalue weighted by Gasteiger charge is -2.36. The molecule has 12 rings (SSSR count). The van der Waals surface area contributed by atoms with E-state index in [4.69, 9.17) is 9.47 Å². The van der Waals surface area contributed by atoms with E-state index in [1.807, 2.05) is 99.9 Å². The summed E-state index contributed by atoms with van der Waals surface area (Å²) >= 11 is 1.19. The van der Waals surface area contributed by atoms with Gasteiger partial charge in [-0.05, 0) is 128 Å². The number of nitrogens with one attached hydrogen (secondary N) is 2. The number of halogens is 2. The number of H-pyrrole nitrogens is 1. The highest BCUT2D eigenvalue weighted by Gasteiger charge is 2.30. The van der Waals surface area contributed by atoms with E-state index in [-0.39, 0.29) is 47.4 Å². The van der Waals surface area contributed by atoms with Gasteiger partial charge in [-0.2, -0.15) is 10.2 Å². The van der Waals surface area contributed by atoms with Crippen molar-refractivity contribution in [3.05, 3.63) is 155 Å². The molecule has 2 fully saturated rings. The largest absolute Gasteiger partial charge is 0.464 e. The second-order valence-corrected chi connectivity index (χ2v) is 25.1. The molecule has 4 aromatic heterocycles. The normalized spacial score (nSPS) is 15.5. The summed E-state index contributed by atoms with van der Waals surface area (Å²) in [5.41, 5.74) is 7.77. The van der Waals surface area contributed by atoms with Crippen LogP contribution in [0.4, 0.5) is 25.0 Å². The molecule has 8 heterocycles. The van der Waals surface area contributed by atoms with Crippen LogP contribution in [-0.2, 0) is 32.2 Å². The summed E-state index contributed by atoms with van der Waals surface area (Å²) in [6.07, 6.45) is 12.6. The van der Waals surface area contributed by atoms with Gasteiger partial charge in [0.15, 0.2) is 5.82 Å². The quantitative estimate of drug-likeness (QED) is 0.0983. The average molecular weight is 1240 g/mol. The van der Waals surface area contributed by atoms with Crippen molar-refractivity contribution in [3.8, 4) is 22.3 Å². The lowest BCUT2D eigenvalue weighted by atomic mass is 9.93. The van der Waals surface area contributed by atoms with E-state index >= 15 is 8.78 Å². The van der Waals surface area contributed by atoms with Crippen LogP contribution in [0.3, 0.4) is 0 Å². The van der Waals surface area contributed by atoms with Crippen LogP contribution in [0.15, 0.2) is 122 Å². The number of hydrogen-bond donors (Lipinski definition) is 2. The topological polar surface area (TPSA) is 187 Å². The van der Waals surface area contributed by atoms with Gasteiger partial charge < -0.3 is 49.2 Å². The minimum absolute atomic E-state index is 0.0202. The number of fused-ring (bicyclic) bond motifs is 2. The van der Waals surface area contributed by atoms with E-state index in [1.165, 1.54) is 23.3 Å². The average Bonchev–Trinajstić information content (AvgIpc) is 1.56. The van der Waals surface area contributed by atoms with Crippen LogP contribution in [-0.4, -0.2) is 179 Å². The first kappa shape index (κ1) is 62.5. The van der Waals surface area contributed by atoms with Crippen LogP contribution in [0.2, 0.25) is 0 Å². The second kappa shape index (κ2) is 27.3. The standard InChI is InChI=1S/C36H41FN6O5.C32H35FN6O2S/c1-36(2,3)48-35(46)41-19-17-40(18-20-41)26-10-8-24(9-11-26)27-21-28(32(37)33-29(27)22-30(39-33)34(45)47-4)25-7-5-14-42(23-25)31(44)12-16-43-15-6-13-38-43;1-36(2)32(41)28-20-27-25(22-6-8-24(9-7-22)37-17-12-34-13-18-37)19-26(30(33)31(27)42-28)23-5-3-14-38(21-23)29(40)10-16-39-15-4-11-35-39/h6-11,13,15,21-22,39H,5,12,14,16-20,23H2,1-4H3;4-9,11,15,19-20,34H,3,10,12-14,16-18,21H2,1-2H3. The van der Waals surface area contributed by atoms with Gasteiger partial charge in [0.05, 0.1) is 22.2 Å². The first-order valence-electron chi connectivity index (χ1n) is 30.6. The Hall–Kier alpha value is -9.15. The van der Waals surface area contributed by atoms with Crippen molar-refractivity contribution in [3.63, 3.8) is 0 Å². The number of aryl methyl sites for hydroxylation is 2. The van der Waals surface area contributed by atoms with Crippen LogP contribution in [0.5, 0.6) is 0 Å². The number of rotatable bonds is 14. The molecule has 0 saturated carbocycles. The lowest BCUT2D eigenvalue weighted by Crippen LogP contribution is -2.50. The summed E-state index contributed by atoms with van der Waals surface area (Å²) < 4.78 is 47.0. The van der Waals surface area contributed by atoms with Gasteiger partial charge >= 0.3 is 12.1 Å². The zero-order chi connectivity index (χ0) is 63.2. The molecule has 8 aromatic rings. The molecule has 4 aromatic carbocycles. The number of nitrogens with zero attached hydrogens (tertiary/aromatic N) is 10. The fourth-order valence-corrected chi connectivity index (χ4v) is 13.1. The molecule has 4 amide bonds. The molecule has 19 nitrogen and oxygen atoms in total. The Morgan fingerprint density at radius 2 is 1.16 bits per heavy atom. The number of aromatic amines is 1. The number of esters is 1. The molecular formula is C68H76F2N12O7S. The fourth-order valence-electron chi connectivity index (χ4n) is 11.9. The van der Waals surface area contributed by atoms with E-state index in [1.54, 1.807) is 56.6 Å². The Morgan fingerprint density at radius 3 is 1.66 bits per heavy atom. The minimum Gasteiger partial charge on any atom is -0.464 e. The maximum absolute atomic E-state index is 16.3. The number of carbonyl (C=O) groups is 5. The molecule has 0 unspecified atom stereocenters. The maximum Gasteiger partial charge on any atom is 0.410 e. The first-order valence-corrected chi connectivity index (χ1v) is 31.4. The molecule has 22 heteroatoms. The van der Waals surface area contributed by atoms with Gasteiger partial charge in [0, 0.05) is 177 Å². The predicted molar refractivity (Wildman–Crippen MR) is 347 cm³/mol. The Bertz CT molecular complexity index is 3970. The third kappa shape index (κ3) is 14.1. The van der Waals surface area contributed by atoms with E-state index in [2.05, 4.69) is 54.6 Å². The van der Waals surface area contributed by atoms with Crippen LogP contribution < -0.4 is 15.1 Å². The summed E-state index contributed by atoms with van der Waals surface area (Å²) in [6.45, 7) is 14.6. The van der Waals surface area contributed by atoms with Gasteiger partial charge in [-0.1, -0.05) is 36.4 Å². The highest BCUT2D eigenvalue weighted by Crippen LogP contribution is 2.42. The third-order valence-electron chi connectivity index (χ3n) is 16.7. The fraction of sp³-hybridized carbons (Fsp3) is 0.368. The summed E-state index contributed by atoms with van der Waals surface area (Å²) in [5, 5.41) is 13.0. The number of carbonyl (C=O) groups excluding carboxylic acids is 5. The zero-order valence-electron chi connectivity index (χ0n) is 51.8. The first-order chi connectivity index (χ1) is 43.4. The van der Waals surface area contributed by atoms with Gasteiger partial charge in [-0.15, -0.1) is 11.3 Å². The van der Waals surface area contributed by atoms with E-state index in [9.17, 15) is 24.0 Å². The molecule has 470 valence electrons. The monoisotopic (exact) mass is 1240 g/mol. The van der Waals surface area contributed by atoms with Gasteiger partial charge in [0.1, 0.15) is 17.1 Å². The number of anilines is 2. The summed E-state index contributed by atoms with van der Waals surface area (Å²) in [7, 11) is 4.69. The van der Waals surface area contributed by atoms with Crippen molar-refractivity contribution >= 4 is 84.6 Å². The van der Waals surface area contributed by atoms with Crippen molar-refractivity contribution < 1.29 is 42.2 Å². The second-order valence-electron chi connectivity index (χ2n) is 24.1. The van der Waals surface area contributed by atoms with E-state index in [0.29, 0.717) is 116 Å². The number of amides is 4. The third-order valence-corrected chi connectivity index (χ3v) is 17.8.